The van der Waals surface area contributed by atoms with Crippen LogP contribution in [0.3, 0.4) is 0 Å². The minimum atomic E-state index is -0.876. The minimum Gasteiger partial charge on any atom is -0.481 e. The highest BCUT2D eigenvalue weighted by Crippen LogP contribution is 2.15. The molecule has 0 heterocycles. The van der Waals surface area contributed by atoms with E-state index >= 15 is 0 Å². The summed E-state index contributed by atoms with van der Waals surface area (Å²) in [4.78, 5) is 24.2. The Labute approximate surface area is 103 Å². The van der Waals surface area contributed by atoms with Gasteiger partial charge in [0.2, 0.25) is 5.91 Å². The number of aliphatic carboxylic acids is 1. The van der Waals surface area contributed by atoms with Crippen LogP contribution in [0.25, 0.3) is 0 Å². The number of amides is 1. The Bertz CT molecular complexity index is 259. The van der Waals surface area contributed by atoms with Crippen molar-refractivity contribution in [3.63, 3.8) is 0 Å². The maximum atomic E-state index is 12.0. The third-order valence-electron chi connectivity index (χ3n) is 2.43. The van der Waals surface area contributed by atoms with Crippen molar-refractivity contribution in [2.45, 2.75) is 46.1 Å². The second-order valence-corrected chi connectivity index (χ2v) is 4.96. The SMILES string of the molecule is CCNCCC(=O)N(CCC(=O)O)C(C)(C)C. The highest BCUT2D eigenvalue weighted by atomic mass is 16.4. The van der Waals surface area contributed by atoms with Crippen molar-refractivity contribution in [2.24, 2.45) is 0 Å². The van der Waals surface area contributed by atoms with Crippen molar-refractivity contribution < 1.29 is 14.7 Å². The molecule has 2 N–H and O–H groups in total. The summed E-state index contributed by atoms with van der Waals surface area (Å²) in [5, 5.41) is 11.8. The smallest absolute Gasteiger partial charge is 0.305 e. The highest BCUT2D eigenvalue weighted by molar-refractivity contribution is 5.78. The molecule has 5 nitrogen and oxygen atoms in total. The van der Waals surface area contributed by atoms with Gasteiger partial charge in [-0.25, -0.2) is 0 Å². The topological polar surface area (TPSA) is 69.6 Å². The van der Waals surface area contributed by atoms with E-state index in [1.54, 1.807) is 4.90 Å². The van der Waals surface area contributed by atoms with Gasteiger partial charge in [-0.3, -0.25) is 9.59 Å². The molecule has 0 aliphatic heterocycles. The second-order valence-electron chi connectivity index (χ2n) is 4.96. The van der Waals surface area contributed by atoms with Gasteiger partial charge in [-0.05, 0) is 27.3 Å². The standard InChI is InChI=1S/C12H24N2O3/c1-5-13-8-6-10(15)14(12(2,3)4)9-7-11(16)17/h13H,5-9H2,1-4H3,(H,16,17). The molecular formula is C12H24N2O3. The molecular weight excluding hydrogens is 220 g/mol. The number of carbonyl (C=O) groups excluding carboxylic acids is 1. The second kappa shape index (κ2) is 7.27. The molecule has 0 radical (unpaired) electrons. The van der Waals surface area contributed by atoms with Crippen LogP contribution in [0.2, 0.25) is 0 Å². The van der Waals surface area contributed by atoms with Gasteiger partial charge >= 0.3 is 5.97 Å². The van der Waals surface area contributed by atoms with E-state index in [9.17, 15) is 9.59 Å². The maximum Gasteiger partial charge on any atom is 0.305 e. The van der Waals surface area contributed by atoms with E-state index in [4.69, 9.17) is 5.11 Å². The van der Waals surface area contributed by atoms with Gasteiger partial charge in [0.25, 0.3) is 0 Å². The molecule has 0 aliphatic carbocycles. The lowest BCUT2D eigenvalue weighted by Crippen LogP contribution is -2.47. The van der Waals surface area contributed by atoms with Crippen LogP contribution in [-0.4, -0.2) is 47.1 Å². The molecule has 0 fully saturated rings. The van der Waals surface area contributed by atoms with E-state index in [1.807, 2.05) is 27.7 Å². The van der Waals surface area contributed by atoms with Crippen LogP contribution >= 0.6 is 0 Å². The maximum absolute atomic E-state index is 12.0. The Hall–Kier alpha value is -1.10. The minimum absolute atomic E-state index is 0.000278. The number of nitrogens with one attached hydrogen (secondary N) is 1. The molecule has 0 aromatic rings. The summed E-state index contributed by atoms with van der Waals surface area (Å²) >= 11 is 0. The molecule has 0 spiro atoms. The number of carbonyl (C=O) groups is 2. The van der Waals surface area contributed by atoms with E-state index in [1.165, 1.54) is 0 Å². The lowest BCUT2D eigenvalue weighted by molar-refractivity contribution is -0.140. The van der Waals surface area contributed by atoms with Crippen molar-refractivity contribution in [1.29, 1.82) is 0 Å². The molecule has 0 rings (SSSR count). The average molecular weight is 244 g/mol. The third-order valence-corrected chi connectivity index (χ3v) is 2.43. The van der Waals surface area contributed by atoms with E-state index in [-0.39, 0.29) is 24.4 Å². The Morgan fingerprint density at radius 3 is 2.24 bits per heavy atom. The first-order chi connectivity index (χ1) is 7.79. The zero-order chi connectivity index (χ0) is 13.5. The van der Waals surface area contributed by atoms with E-state index < -0.39 is 5.97 Å². The summed E-state index contributed by atoms with van der Waals surface area (Å²) in [5.41, 5.74) is -0.335. The summed E-state index contributed by atoms with van der Waals surface area (Å²) in [7, 11) is 0. The number of rotatable bonds is 7. The first-order valence-corrected chi connectivity index (χ1v) is 6.02. The van der Waals surface area contributed by atoms with Gasteiger partial charge in [-0.1, -0.05) is 6.92 Å². The van der Waals surface area contributed by atoms with E-state index in [0.29, 0.717) is 13.0 Å². The molecule has 0 atom stereocenters. The third kappa shape index (κ3) is 6.94. The summed E-state index contributed by atoms with van der Waals surface area (Å²) in [6.45, 7) is 9.47. The van der Waals surface area contributed by atoms with E-state index in [0.717, 1.165) is 6.54 Å². The van der Waals surface area contributed by atoms with Gasteiger partial charge in [0, 0.05) is 25.0 Å². The fraction of sp³-hybridized carbons (Fsp3) is 0.833. The predicted octanol–water partition coefficient (Wildman–Crippen LogP) is 1.09. The lowest BCUT2D eigenvalue weighted by Gasteiger charge is -2.35. The average Bonchev–Trinajstić information content (AvgIpc) is 2.15. The number of carboxylic acids is 1. The van der Waals surface area contributed by atoms with Crippen molar-refractivity contribution >= 4 is 11.9 Å². The van der Waals surface area contributed by atoms with Crippen molar-refractivity contribution in [3.8, 4) is 0 Å². The fourth-order valence-corrected chi connectivity index (χ4v) is 1.55. The van der Waals surface area contributed by atoms with Crippen LogP contribution in [-0.2, 0) is 9.59 Å². The molecule has 5 heteroatoms. The molecule has 100 valence electrons. The van der Waals surface area contributed by atoms with Gasteiger partial charge in [0.05, 0.1) is 6.42 Å². The molecule has 1 amide bonds. The van der Waals surface area contributed by atoms with Gasteiger partial charge in [-0.15, -0.1) is 0 Å². The number of carboxylic acid groups (broad SMARTS) is 1. The van der Waals surface area contributed by atoms with Crippen molar-refractivity contribution in [1.82, 2.24) is 10.2 Å². The Morgan fingerprint density at radius 2 is 1.82 bits per heavy atom. The lowest BCUT2D eigenvalue weighted by atomic mass is 10.0. The molecule has 0 aromatic heterocycles. The Morgan fingerprint density at radius 1 is 1.24 bits per heavy atom. The zero-order valence-corrected chi connectivity index (χ0v) is 11.2. The van der Waals surface area contributed by atoms with Gasteiger partial charge < -0.3 is 15.3 Å². The molecule has 0 aromatic carbocycles. The molecule has 0 aliphatic rings. The normalized spacial score (nSPS) is 11.3. The van der Waals surface area contributed by atoms with Gasteiger partial charge in [0.15, 0.2) is 0 Å². The summed E-state index contributed by atoms with van der Waals surface area (Å²) in [6, 6.07) is 0. The van der Waals surface area contributed by atoms with Crippen molar-refractivity contribution in [2.75, 3.05) is 19.6 Å². The van der Waals surface area contributed by atoms with Gasteiger partial charge in [-0.2, -0.15) is 0 Å². The molecule has 17 heavy (non-hydrogen) atoms. The quantitative estimate of drug-likeness (QED) is 0.658. The predicted molar refractivity (Wildman–Crippen MR) is 66.9 cm³/mol. The van der Waals surface area contributed by atoms with E-state index in [2.05, 4.69) is 5.32 Å². The number of nitrogens with zero attached hydrogens (tertiary/aromatic N) is 1. The molecule has 0 saturated carbocycles. The van der Waals surface area contributed by atoms with Crippen LogP contribution in [0.5, 0.6) is 0 Å². The first kappa shape index (κ1) is 15.9. The monoisotopic (exact) mass is 244 g/mol. The fourth-order valence-electron chi connectivity index (χ4n) is 1.55. The summed E-state index contributed by atoms with van der Waals surface area (Å²) < 4.78 is 0. The Kier molecular flexibility index (Phi) is 6.80. The van der Waals surface area contributed by atoms with Crippen LogP contribution in [0.15, 0.2) is 0 Å². The zero-order valence-electron chi connectivity index (χ0n) is 11.2. The highest BCUT2D eigenvalue weighted by Gasteiger charge is 2.26. The largest absolute Gasteiger partial charge is 0.481 e. The summed E-state index contributed by atoms with van der Waals surface area (Å²) in [5.74, 6) is -0.876. The molecule has 0 unspecified atom stereocenters. The van der Waals surface area contributed by atoms with Gasteiger partial charge in [0.1, 0.15) is 0 Å². The first-order valence-electron chi connectivity index (χ1n) is 6.02. The number of hydrogen-bond donors (Lipinski definition) is 2. The summed E-state index contributed by atoms with van der Waals surface area (Å²) in [6.07, 6.45) is 0.398. The molecule has 0 saturated heterocycles. The van der Waals surface area contributed by atoms with Crippen LogP contribution in [0, 0.1) is 0 Å². The van der Waals surface area contributed by atoms with Crippen LogP contribution in [0.1, 0.15) is 40.5 Å². The van der Waals surface area contributed by atoms with Crippen molar-refractivity contribution in [3.05, 3.63) is 0 Å². The number of hydrogen-bond acceptors (Lipinski definition) is 3. The van der Waals surface area contributed by atoms with Crippen LogP contribution in [0.4, 0.5) is 0 Å². The Balaban J connectivity index is 4.36. The van der Waals surface area contributed by atoms with Crippen LogP contribution < -0.4 is 5.32 Å². The molecule has 0 bridgehead atoms.